The third-order valence-electron chi connectivity index (χ3n) is 3.82. The Hall–Kier alpha value is -0.610. The normalized spacial score (nSPS) is 36.4. The maximum absolute atomic E-state index is 11.5. The number of aliphatic carboxylic acids is 1. The third-order valence-corrected chi connectivity index (χ3v) is 3.82. The van der Waals surface area contributed by atoms with Crippen molar-refractivity contribution >= 4 is 5.97 Å². The van der Waals surface area contributed by atoms with Crippen LogP contribution in [-0.2, 0) is 14.3 Å². The lowest BCUT2D eigenvalue weighted by Gasteiger charge is -2.32. The highest BCUT2D eigenvalue weighted by Crippen LogP contribution is 2.50. The Labute approximate surface area is 102 Å². The lowest BCUT2D eigenvalue weighted by atomic mass is 9.72. The van der Waals surface area contributed by atoms with Crippen molar-refractivity contribution in [1.29, 1.82) is 0 Å². The SMILES string of the molecule is CC(C)(C)OCCC1(C(=O)O)CC2CCC1O2. The van der Waals surface area contributed by atoms with Crippen LogP contribution in [0.15, 0.2) is 0 Å². The Morgan fingerprint density at radius 2 is 2.18 bits per heavy atom. The predicted octanol–water partition coefficient (Wildman–Crippen LogP) is 2.21. The van der Waals surface area contributed by atoms with Gasteiger partial charge < -0.3 is 14.6 Å². The molecule has 0 saturated carbocycles. The van der Waals surface area contributed by atoms with Crippen molar-refractivity contribution in [2.24, 2.45) is 5.41 Å². The van der Waals surface area contributed by atoms with Crippen molar-refractivity contribution in [2.45, 2.75) is 64.3 Å². The maximum Gasteiger partial charge on any atom is 0.312 e. The van der Waals surface area contributed by atoms with Gasteiger partial charge in [0.05, 0.1) is 23.2 Å². The molecule has 2 heterocycles. The highest BCUT2D eigenvalue weighted by atomic mass is 16.5. The second-order valence-corrected chi connectivity index (χ2v) is 6.20. The number of carbonyl (C=O) groups is 1. The van der Waals surface area contributed by atoms with E-state index in [1.165, 1.54) is 0 Å². The molecule has 0 radical (unpaired) electrons. The highest BCUT2D eigenvalue weighted by Gasteiger charge is 2.57. The Balaban J connectivity index is 1.97. The van der Waals surface area contributed by atoms with E-state index in [4.69, 9.17) is 9.47 Å². The minimum Gasteiger partial charge on any atom is -0.481 e. The molecule has 0 aliphatic carbocycles. The topological polar surface area (TPSA) is 55.8 Å². The van der Waals surface area contributed by atoms with Gasteiger partial charge in [0, 0.05) is 6.61 Å². The van der Waals surface area contributed by atoms with E-state index >= 15 is 0 Å². The lowest BCUT2D eigenvalue weighted by Crippen LogP contribution is -2.41. The van der Waals surface area contributed by atoms with Gasteiger partial charge in [0.15, 0.2) is 0 Å². The molecular weight excluding hydrogens is 220 g/mol. The maximum atomic E-state index is 11.5. The van der Waals surface area contributed by atoms with Gasteiger partial charge in [-0.1, -0.05) is 0 Å². The van der Waals surface area contributed by atoms with Gasteiger partial charge in [0.25, 0.3) is 0 Å². The van der Waals surface area contributed by atoms with E-state index in [1.807, 2.05) is 20.8 Å². The fourth-order valence-corrected chi connectivity index (χ4v) is 2.93. The first-order valence-electron chi connectivity index (χ1n) is 6.36. The Bertz CT molecular complexity index is 307. The molecule has 3 atom stereocenters. The molecule has 2 aliphatic heterocycles. The summed E-state index contributed by atoms with van der Waals surface area (Å²) in [5.41, 5.74) is -0.910. The fourth-order valence-electron chi connectivity index (χ4n) is 2.93. The minimum atomic E-state index is -0.720. The molecule has 2 saturated heterocycles. The zero-order valence-electron chi connectivity index (χ0n) is 10.9. The number of carboxylic acid groups (broad SMARTS) is 1. The Kier molecular flexibility index (Phi) is 3.21. The van der Waals surface area contributed by atoms with Crippen molar-refractivity contribution in [1.82, 2.24) is 0 Å². The van der Waals surface area contributed by atoms with E-state index in [0.717, 1.165) is 12.8 Å². The van der Waals surface area contributed by atoms with E-state index in [9.17, 15) is 9.90 Å². The van der Waals surface area contributed by atoms with Crippen molar-refractivity contribution in [3.63, 3.8) is 0 Å². The van der Waals surface area contributed by atoms with E-state index in [0.29, 0.717) is 19.4 Å². The van der Waals surface area contributed by atoms with Crippen LogP contribution in [0.4, 0.5) is 0 Å². The summed E-state index contributed by atoms with van der Waals surface area (Å²) in [5.74, 6) is -0.720. The van der Waals surface area contributed by atoms with Crippen LogP contribution < -0.4 is 0 Å². The van der Waals surface area contributed by atoms with Gasteiger partial charge >= 0.3 is 5.97 Å². The molecular formula is C13H22O4. The molecule has 1 N–H and O–H groups in total. The van der Waals surface area contributed by atoms with Crippen LogP contribution in [0.2, 0.25) is 0 Å². The molecule has 4 heteroatoms. The number of hydrogen-bond acceptors (Lipinski definition) is 3. The molecule has 3 unspecified atom stereocenters. The summed E-state index contributed by atoms with van der Waals surface area (Å²) in [6.07, 6.45) is 3.16. The first-order chi connectivity index (χ1) is 7.83. The summed E-state index contributed by atoms with van der Waals surface area (Å²) in [5, 5.41) is 9.48. The molecule has 2 bridgehead atoms. The second-order valence-electron chi connectivity index (χ2n) is 6.20. The van der Waals surface area contributed by atoms with Crippen molar-refractivity contribution in [2.75, 3.05) is 6.61 Å². The van der Waals surface area contributed by atoms with Crippen molar-refractivity contribution in [3.8, 4) is 0 Å². The Morgan fingerprint density at radius 1 is 1.47 bits per heavy atom. The van der Waals surface area contributed by atoms with Gasteiger partial charge in [-0.05, 0) is 46.5 Å². The van der Waals surface area contributed by atoms with Gasteiger partial charge in [-0.3, -0.25) is 4.79 Å². The number of hydrogen-bond donors (Lipinski definition) is 1. The standard InChI is InChI=1S/C13H22O4/c1-12(2,3)16-7-6-13(11(14)15)8-9-4-5-10(13)17-9/h9-10H,4-8H2,1-3H3,(H,14,15). The minimum absolute atomic E-state index is 0.103. The van der Waals surface area contributed by atoms with Crippen LogP contribution in [0.5, 0.6) is 0 Å². The summed E-state index contributed by atoms with van der Waals surface area (Å²) in [7, 11) is 0. The van der Waals surface area contributed by atoms with Gasteiger partial charge in [-0.25, -0.2) is 0 Å². The van der Waals surface area contributed by atoms with Crippen LogP contribution >= 0.6 is 0 Å². The molecule has 2 aliphatic rings. The largest absolute Gasteiger partial charge is 0.481 e. The van der Waals surface area contributed by atoms with E-state index in [1.54, 1.807) is 0 Å². The van der Waals surface area contributed by atoms with Gasteiger partial charge in [0.2, 0.25) is 0 Å². The molecule has 0 aromatic heterocycles. The molecule has 98 valence electrons. The highest BCUT2D eigenvalue weighted by molar-refractivity contribution is 5.76. The summed E-state index contributed by atoms with van der Waals surface area (Å²) >= 11 is 0. The molecule has 0 spiro atoms. The fraction of sp³-hybridized carbons (Fsp3) is 0.923. The number of fused-ring (bicyclic) bond motifs is 2. The van der Waals surface area contributed by atoms with Crippen LogP contribution in [0.25, 0.3) is 0 Å². The van der Waals surface area contributed by atoms with E-state index in [-0.39, 0.29) is 17.8 Å². The average molecular weight is 242 g/mol. The number of ether oxygens (including phenoxy) is 2. The molecule has 4 nitrogen and oxygen atoms in total. The zero-order chi connectivity index (χ0) is 12.7. The van der Waals surface area contributed by atoms with Crippen molar-refractivity contribution in [3.05, 3.63) is 0 Å². The third kappa shape index (κ3) is 2.47. The van der Waals surface area contributed by atoms with E-state index in [2.05, 4.69) is 0 Å². The van der Waals surface area contributed by atoms with Crippen molar-refractivity contribution < 1.29 is 19.4 Å². The quantitative estimate of drug-likeness (QED) is 0.821. The summed E-state index contributed by atoms with van der Waals surface area (Å²) < 4.78 is 11.4. The van der Waals surface area contributed by atoms with Crippen LogP contribution in [0, 0.1) is 5.41 Å². The number of rotatable bonds is 4. The summed E-state index contributed by atoms with van der Waals surface area (Å²) in [6.45, 7) is 6.44. The Morgan fingerprint density at radius 3 is 2.59 bits per heavy atom. The van der Waals surface area contributed by atoms with Gasteiger partial charge in [-0.15, -0.1) is 0 Å². The lowest BCUT2D eigenvalue weighted by molar-refractivity contribution is -0.155. The van der Waals surface area contributed by atoms with Crippen LogP contribution in [-0.4, -0.2) is 35.5 Å². The first-order valence-corrected chi connectivity index (χ1v) is 6.36. The molecule has 0 aromatic rings. The predicted molar refractivity (Wildman–Crippen MR) is 62.9 cm³/mol. The van der Waals surface area contributed by atoms with Gasteiger partial charge in [-0.2, -0.15) is 0 Å². The number of carboxylic acids is 1. The molecule has 17 heavy (non-hydrogen) atoms. The van der Waals surface area contributed by atoms with Gasteiger partial charge in [0.1, 0.15) is 0 Å². The zero-order valence-corrected chi connectivity index (χ0v) is 10.9. The summed E-state index contributed by atoms with van der Waals surface area (Å²) in [4.78, 5) is 11.5. The first kappa shape index (κ1) is 12.8. The monoisotopic (exact) mass is 242 g/mol. The van der Waals surface area contributed by atoms with Crippen LogP contribution in [0.3, 0.4) is 0 Å². The second kappa shape index (κ2) is 4.25. The molecule has 2 rings (SSSR count). The molecule has 0 aromatic carbocycles. The smallest absolute Gasteiger partial charge is 0.312 e. The molecule has 0 amide bonds. The van der Waals surface area contributed by atoms with Crippen LogP contribution in [0.1, 0.15) is 46.5 Å². The molecule has 2 fully saturated rings. The van der Waals surface area contributed by atoms with E-state index < -0.39 is 11.4 Å². The average Bonchev–Trinajstić information content (AvgIpc) is 2.75. The summed E-state index contributed by atoms with van der Waals surface area (Å²) in [6, 6.07) is 0.